The summed E-state index contributed by atoms with van der Waals surface area (Å²) in [7, 11) is 0. The molecule has 6 heterocycles. The van der Waals surface area contributed by atoms with Crippen molar-refractivity contribution >= 4 is 39.2 Å². The van der Waals surface area contributed by atoms with Gasteiger partial charge < -0.3 is 10.3 Å². The van der Waals surface area contributed by atoms with Gasteiger partial charge in [-0.25, -0.2) is 9.97 Å². The Hall–Kier alpha value is -4.21. The number of rotatable bonds is 8. The first-order valence-electron chi connectivity index (χ1n) is 13.7. The highest BCUT2D eigenvalue weighted by molar-refractivity contribution is 7.17. The van der Waals surface area contributed by atoms with Gasteiger partial charge in [-0.15, -0.1) is 11.3 Å². The van der Waals surface area contributed by atoms with Crippen LogP contribution < -0.4 is 5.32 Å². The Morgan fingerprint density at radius 3 is 2.85 bits per heavy atom. The Balaban J connectivity index is 1.20. The van der Waals surface area contributed by atoms with Crippen LogP contribution in [0, 0.1) is 5.92 Å². The van der Waals surface area contributed by atoms with Crippen molar-refractivity contribution < 1.29 is 4.79 Å². The summed E-state index contributed by atoms with van der Waals surface area (Å²) >= 11 is 1.49. The van der Waals surface area contributed by atoms with Crippen LogP contribution in [0.15, 0.2) is 61.1 Å². The molecule has 0 aliphatic heterocycles. The zero-order valence-corrected chi connectivity index (χ0v) is 23.0. The van der Waals surface area contributed by atoms with Crippen LogP contribution in [0.2, 0.25) is 0 Å². The minimum Gasteiger partial charge on any atom is -0.338 e. The van der Waals surface area contributed by atoms with Gasteiger partial charge >= 0.3 is 0 Å². The first kappa shape index (κ1) is 24.8. The van der Waals surface area contributed by atoms with Crippen LogP contribution in [0.25, 0.3) is 55.2 Å². The maximum atomic E-state index is 11.8. The summed E-state index contributed by atoms with van der Waals surface area (Å²) in [5.41, 5.74) is 7.99. The number of aromatic nitrogens is 6. The monoisotopic (exact) mass is 547 g/mol. The number of carbonyl (C=O) groups excluding carboxylic acids is 1. The van der Waals surface area contributed by atoms with Crippen molar-refractivity contribution in [2.45, 2.75) is 39.2 Å². The predicted octanol–water partition coefficient (Wildman–Crippen LogP) is 6.77. The highest BCUT2D eigenvalue weighted by Crippen LogP contribution is 2.36. The topological polar surface area (TPSA) is 112 Å². The number of hydrogen-bond donors (Lipinski definition) is 3. The van der Waals surface area contributed by atoms with E-state index < -0.39 is 0 Å². The van der Waals surface area contributed by atoms with Crippen LogP contribution in [-0.2, 0) is 6.54 Å². The molecule has 1 fully saturated rings. The van der Waals surface area contributed by atoms with Crippen LogP contribution in [-0.4, -0.2) is 42.5 Å². The molecule has 0 spiro atoms. The van der Waals surface area contributed by atoms with E-state index in [0.717, 1.165) is 84.6 Å². The van der Waals surface area contributed by atoms with E-state index in [2.05, 4.69) is 42.6 Å². The largest absolute Gasteiger partial charge is 0.338 e. The molecule has 40 heavy (non-hydrogen) atoms. The highest BCUT2D eigenvalue weighted by Gasteiger charge is 2.18. The van der Waals surface area contributed by atoms with Crippen molar-refractivity contribution in [1.82, 2.24) is 35.5 Å². The van der Waals surface area contributed by atoms with Crippen LogP contribution in [0.3, 0.4) is 0 Å². The van der Waals surface area contributed by atoms with Crippen molar-refractivity contribution in [3.8, 4) is 33.1 Å². The van der Waals surface area contributed by atoms with Crippen LogP contribution in [0.5, 0.6) is 0 Å². The molecule has 0 saturated heterocycles. The molecule has 7 rings (SSSR count). The molecule has 0 radical (unpaired) electrons. The number of ketones is 1. The van der Waals surface area contributed by atoms with Gasteiger partial charge in [0.1, 0.15) is 16.9 Å². The maximum absolute atomic E-state index is 11.8. The smallest absolute Gasteiger partial charge is 0.169 e. The average Bonchev–Trinajstić information content (AvgIpc) is 3.78. The SMILES string of the molecule is CC(=O)c1ccc(-c2ccnc3[nH]c(-c4n[nH]c5ccc(-c6cncc(CNCC7CCCC7)c6)nc45)cc23)s1. The number of thiophene rings is 1. The van der Waals surface area contributed by atoms with Crippen LogP contribution in [0.4, 0.5) is 0 Å². The molecule has 0 amide bonds. The number of nitrogens with zero attached hydrogens (tertiary/aromatic N) is 4. The van der Waals surface area contributed by atoms with Crippen molar-refractivity contribution in [1.29, 1.82) is 0 Å². The zero-order chi connectivity index (χ0) is 27.1. The van der Waals surface area contributed by atoms with Crippen molar-refractivity contribution in [2.24, 2.45) is 5.92 Å². The van der Waals surface area contributed by atoms with Crippen LogP contribution in [0.1, 0.15) is 47.8 Å². The third-order valence-corrected chi connectivity index (χ3v) is 8.96. The number of carbonyl (C=O) groups is 1. The van der Waals surface area contributed by atoms with E-state index in [4.69, 9.17) is 4.98 Å². The lowest BCUT2D eigenvalue weighted by Gasteiger charge is -2.11. The van der Waals surface area contributed by atoms with Crippen molar-refractivity contribution in [3.63, 3.8) is 0 Å². The molecule has 1 saturated carbocycles. The number of hydrogen-bond acceptors (Lipinski definition) is 7. The zero-order valence-electron chi connectivity index (χ0n) is 22.2. The van der Waals surface area contributed by atoms with Gasteiger partial charge in [0.2, 0.25) is 0 Å². The molecule has 1 aliphatic rings. The summed E-state index contributed by atoms with van der Waals surface area (Å²) in [4.78, 5) is 31.1. The van der Waals surface area contributed by atoms with E-state index in [9.17, 15) is 4.79 Å². The molecule has 0 unspecified atom stereocenters. The van der Waals surface area contributed by atoms with Gasteiger partial charge in [0.25, 0.3) is 0 Å². The van der Waals surface area contributed by atoms with E-state index in [1.54, 1.807) is 13.1 Å². The normalized spacial score (nSPS) is 14.0. The fourth-order valence-corrected chi connectivity index (χ4v) is 6.59. The van der Waals surface area contributed by atoms with E-state index in [-0.39, 0.29) is 5.78 Å². The lowest BCUT2D eigenvalue weighted by Crippen LogP contribution is -2.20. The second-order valence-corrected chi connectivity index (χ2v) is 11.6. The molecule has 8 nitrogen and oxygen atoms in total. The standard InChI is InChI=1S/C31H29N7OS/c1-18(39)27-8-9-28(40-27)22-10-11-34-31-23(22)13-26(36-31)30-29-25(37-38-30)7-6-24(35-29)21-12-20(16-33-17-21)15-32-14-19-4-2-3-5-19/h6-13,16-17,19,32H,2-5,14-15H2,1H3,(H,34,36)(H,37,38). The van der Waals surface area contributed by atoms with E-state index in [1.807, 2.05) is 42.7 Å². The van der Waals surface area contributed by atoms with E-state index in [0.29, 0.717) is 0 Å². The molecular formula is C31H29N7OS. The predicted molar refractivity (Wildman–Crippen MR) is 159 cm³/mol. The van der Waals surface area contributed by atoms with E-state index in [1.165, 1.54) is 37.0 Å². The van der Waals surface area contributed by atoms with E-state index >= 15 is 0 Å². The quantitative estimate of drug-likeness (QED) is 0.181. The van der Waals surface area contributed by atoms with Crippen molar-refractivity contribution in [2.75, 3.05) is 6.54 Å². The lowest BCUT2D eigenvalue weighted by atomic mass is 10.1. The molecule has 200 valence electrons. The Morgan fingerprint density at radius 2 is 2.00 bits per heavy atom. The fourth-order valence-electron chi connectivity index (χ4n) is 5.65. The van der Waals surface area contributed by atoms with Crippen LogP contribution >= 0.6 is 11.3 Å². The summed E-state index contributed by atoms with van der Waals surface area (Å²) < 4.78 is 0. The number of pyridine rings is 3. The summed E-state index contributed by atoms with van der Waals surface area (Å²) in [6.45, 7) is 3.47. The molecular weight excluding hydrogens is 518 g/mol. The summed E-state index contributed by atoms with van der Waals surface area (Å²) in [6, 6.07) is 14.1. The highest BCUT2D eigenvalue weighted by atomic mass is 32.1. The number of Topliss-reactive ketones (excluding diaryl/α,β-unsaturated/α-hetero) is 1. The summed E-state index contributed by atoms with van der Waals surface area (Å²) in [6.07, 6.45) is 11.0. The number of aromatic amines is 2. The minimum absolute atomic E-state index is 0.0715. The minimum atomic E-state index is 0.0715. The molecule has 6 aromatic rings. The third-order valence-electron chi connectivity index (χ3n) is 7.74. The number of fused-ring (bicyclic) bond motifs is 2. The molecule has 3 N–H and O–H groups in total. The fraction of sp³-hybridized carbons (Fsp3) is 0.258. The molecule has 0 bridgehead atoms. The Labute approximate surface area is 235 Å². The molecule has 0 aromatic carbocycles. The molecule has 1 aliphatic carbocycles. The Bertz CT molecular complexity index is 1840. The van der Waals surface area contributed by atoms with Gasteiger partial charge in [0.05, 0.1) is 21.8 Å². The third kappa shape index (κ3) is 4.71. The van der Waals surface area contributed by atoms with Gasteiger partial charge in [0, 0.05) is 46.5 Å². The number of H-pyrrole nitrogens is 2. The number of nitrogens with one attached hydrogen (secondary N) is 3. The molecule has 6 aromatic heterocycles. The Kier molecular flexibility index (Phi) is 6.45. The summed E-state index contributed by atoms with van der Waals surface area (Å²) in [5.74, 6) is 0.876. The van der Waals surface area contributed by atoms with Gasteiger partial charge in [-0.3, -0.25) is 14.9 Å². The first-order valence-corrected chi connectivity index (χ1v) is 14.5. The lowest BCUT2D eigenvalue weighted by molar-refractivity contribution is 0.102. The second kappa shape index (κ2) is 10.4. The second-order valence-electron chi connectivity index (χ2n) is 10.6. The van der Waals surface area contributed by atoms with Gasteiger partial charge in [0.15, 0.2) is 5.78 Å². The van der Waals surface area contributed by atoms with Crippen molar-refractivity contribution in [3.05, 3.63) is 71.5 Å². The average molecular weight is 548 g/mol. The molecule has 0 atom stereocenters. The van der Waals surface area contributed by atoms with Gasteiger partial charge in [-0.05, 0) is 80.3 Å². The Morgan fingerprint density at radius 1 is 1.10 bits per heavy atom. The summed E-state index contributed by atoms with van der Waals surface area (Å²) in [5, 5.41) is 12.3. The van der Waals surface area contributed by atoms with Gasteiger partial charge in [-0.1, -0.05) is 12.8 Å². The first-order chi connectivity index (χ1) is 19.6. The molecule has 9 heteroatoms. The van der Waals surface area contributed by atoms with Gasteiger partial charge in [-0.2, -0.15) is 5.10 Å². The maximum Gasteiger partial charge on any atom is 0.169 e.